The predicted molar refractivity (Wildman–Crippen MR) is 114 cm³/mol. The number of benzene rings is 2. The van der Waals surface area contributed by atoms with Crippen LogP contribution < -0.4 is 5.32 Å². The van der Waals surface area contributed by atoms with Crippen LogP contribution in [0, 0.1) is 6.92 Å². The van der Waals surface area contributed by atoms with Crippen LogP contribution in [0.5, 0.6) is 0 Å². The molecule has 1 saturated heterocycles. The zero-order valence-electron chi connectivity index (χ0n) is 17.2. The molecule has 2 aromatic carbocycles. The SMILES string of the molecule is Cc1ccc2[nH]nc(C(=O)NCc3ccc(CN4CC(C)OC(C)C4)cc3)c2c1. The second-order valence-electron chi connectivity index (χ2n) is 8.07. The van der Waals surface area contributed by atoms with E-state index < -0.39 is 0 Å². The Morgan fingerprint density at radius 3 is 2.55 bits per heavy atom. The number of rotatable bonds is 5. The van der Waals surface area contributed by atoms with Crippen molar-refractivity contribution in [2.75, 3.05) is 13.1 Å². The summed E-state index contributed by atoms with van der Waals surface area (Å²) in [6.07, 6.45) is 0.547. The van der Waals surface area contributed by atoms with Gasteiger partial charge in [-0.3, -0.25) is 14.8 Å². The highest BCUT2D eigenvalue weighted by atomic mass is 16.5. The highest BCUT2D eigenvalue weighted by molar-refractivity contribution is 6.04. The smallest absolute Gasteiger partial charge is 0.272 e. The summed E-state index contributed by atoms with van der Waals surface area (Å²) in [6.45, 7) is 9.57. The summed E-state index contributed by atoms with van der Waals surface area (Å²) in [5.41, 5.74) is 4.76. The van der Waals surface area contributed by atoms with Crippen LogP contribution in [-0.2, 0) is 17.8 Å². The summed E-state index contributed by atoms with van der Waals surface area (Å²) in [5, 5.41) is 10.9. The van der Waals surface area contributed by atoms with Crippen LogP contribution in [0.15, 0.2) is 42.5 Å². The van der Waals surface area contributed by atoms with Crippen molar-refractivity contribution < 1.29 is 9.53 Å². The number of morpholine rings is 1. The maximum absolute atomic E-state index is 12.6. The van der Waals surface area contributed by atoms with E-state index in [1.807, 2.05) is 25.1 Å². The second kappa shape index (κ2) is 8.35. The van der Waals surface area contributed by atoms with Gasteiger partial charge in [-0.05, 0) is 44.0 Å². The number of aromatic amines is 1. The number of fused-ring (bicyclic) bond motifs is 1. The van der Waals surface area contributed by atoms with Crippen molar-refractivity contribution in [3.63, 3.8) is 0 Å². The molecule has 0 bridgehead atoms. The molecule has 6 heteroatoms. The van der Waals surface area contributed by atoms with E-state index in [2.05, 4.69) is 58.5 Å². The first kappa shape index (κ1) is 19.6. The first-order valence-corrected chi connectivity index (χ1v) is 10.2. The fourth-order valence-corrected chi connectivity index (χ4v) is 4.00. The van der Waals surface area contributed by atoms with Gasteiger partial charge in [0.05, 0.1) is 17.7 Å². The molecule has 1 aliphatic rings. The molecule has 6 nitrogen and oxygen atoms in total. The topological polar surface area (TPSA) is 70.2 Å². The lowest BCUT2D eigenvalue weighted by atomic mass is 10.1. The molecule has 1 amide bonds. The Hall–Kier alpha value is -2.70. The van der Waals surface area contributed by atoms with Gasteiger partial charge < -0.3 is 10.1 Å². The summed E-state index contributed by atoms with van der Waals surface area (Å²) < 4.78 is 5.80. The molecule has 2 atom stereocenters. The molecule has 0 saturated carbocycles. The minimum Gasteiger partial charge on any atom is -0.373 e. The third kappa shape index (κ3) is 4.66. The van der Waals surface area contributed by atoms with Gasteiger partial charge in [-0.25, -0.2) is 0 Å². The quantitative estimate of drug-likeness (QED) is 0.698. The van der Waals surface area contributed by atoms with Gasteiger partial charge in [0.1, 0.15) is 0 Å². The number of aromatic nitrogens is 2. The molecular formula is C23H28N4O2. The predicted octanol–water partition coefficient (Wildman–Crippen LogP) is 3.41. The van der Waals surface area contributed by atoms with Crippen molar-refractivity contribution in [2.45, 2.75) is 46.1 Å². The number of hydrogen-bond acceptors (Lipinski definition) is 4. The number of nitrogens with zero attached hydrogens (tertiary/aromatic N) is 2. The average molecular weight is 393 g/mol. The van der Waals surface area contributed by atoms with Gasteiger partial charge >= 0.3 is 0 Å². The van der Waals surface area contributed by atoms with Gasteiger partial charge in [0.2, 0.25) is 0 Å². The molecule has 0 spiro atoms. The molecule has 2 unspecified atom stereocenters. The highest BCUT2D eigenvalue weighted by Crippen LogP contribution is 2.18. The molecule has 1 aromatic heterocycles. The number of nitrogens with one attached hydrogen (secondary N) is 2. The monoisotopic (exact) mass is 392 g/mol. The van der Waals surface area contributed by atoms with Gasteiger partial charge in [-0.1, -0.05) is 35.9 Å². The molecule has 1 aliphatic heterocycles. The van der Waals surface area contributed by atoms with Gasteiger partial charge in [0.25, 0.3) is 5.91 Å². The van der Waals surface area contributed by atoms with Crippen LogP contribution in [0.4, 0.5) is 0 Å². The lowest BCUT2D eigenvalue weighted by Gasteiger charge is -2.35. The van der Waals surface area contributed by atoms with Crippen LogP contribution in [0.3, 0.4) is 0 Å². The maximum Gasteiger partial charge on any atom is 0.272 e. The van der Waals surface area contributed by atoms with E-state index in [-0.39, 0.29) is 18.1 Å². The lowest BCUT2D eigenvalue weighted by Crippen LogP contribution is -2.44. The Labute approximate surface area is 171 Å². The van der Waals surface area contributed by atoms with Gasteiger partial charge in [0, 0.05) is 31.6 Å². The van der Waals surface area contributed by atoms with E-state index in [4.69, 9.17) is 4.74 Å². The Bertz CT molecular complexity index is 986. The molecule has 2 heterocycles. The van der Waals surface area contributed by atoms with Crippen LogP contribution in [0.1, 0.15) is 41.0 Å². The molecule has 152 valence electrons. The van der Waals surface area contributed by atoms with Crippen molar-refractivity contribution >= 4 is 16.8 Å². The van der Waals surface area contributed by atoms with Crippen molar-refractivity contribution in [1.82, 2.24) is 20.4 Å². The number of hydrogen-bond donors (Lipinski definition) is 2. The first-order chi connectivity index (χ1) is 14.0. The largest absolute Gasteiger partial charge is 0.373 e. The third-order valence-corrected chi connectivity index (χ3v) is 5.31. The van der Waals surface area contributed by atoms with E-state index in [9.17, 15) is 4.79 Å². The van der Waals surface area contributed by atoms with E-state index in [1.165, 1.54) is 5.56 Å². The summed E-state index contributed by atoms with van der Waals surface area (Å²) in [7, 11) is 0. The van der Waals surface area contributed by atoms with Crippen LogP contribution in [0.25, 0.3) is 10.9 Å². The average Bonchev–Trinajstić information content (AvgIpc) is 3.09. The molecule has 2 N–H and O–H groups in total. The molecular weight excluding hydrogens is 364 g/mol. The Balaban J connectivity index is 1.35. The van der Waals surface area contributed by atoms with Crippen molar-refractivity contribution in [3.05, 3.63) is 64.8 Å². The normalized spacial score (nSPS) is 20.1. The van der Waals surface area contributed by atoms with Crippen molar-refractivity contribution in [2.24, 2.45) is 0 Å². The highest BCUT2D eigenvalue weighted by Gasteiger charge is 2.22. The van der Waals surface area contributed by atoms with Crippen LogP contribution >= 0.6 is 0 Å². The summed E-state index contributed by atoms with van der Waals surface area (Å²) >= 11 is 0. The first-order valence-electron chi connectivity index (χ1n) is 10.2. The minimum atomic E-state index is -0.165. The summed E-state index contributed by atoms with van der Waals surface area (Å²) in [4.78, 5) is 15.0. The van der Waals surface area contributed by atoms with E-state index in [0.29, 0.717) is 12.2 Å². The summed E-state index contributed by atoms with van der Waals surface area (Å²) in [5.74, 6) is -0.165. The zero-order chi connectivity index (χ0) is 20.4. The zero-order valence-corrected chi connectivity index (χ0v) is 17.2. The Morgan fingerprint density at radius 1 is 1.14 bits per heavy atom. The van der Waals surface area contributed by atoms with Gasteiger partial charge in [-0.2, -0.15) is 5.10 Å². The number of carbonyl (C=O) groups is 1. The molecule has 0 aliphatic carbocycles. The fraction of sp³-hybridized carbons (Fsp3) is 0.391. The summed E-state index contributed by atoms with van der Waals surface area (Å²) in [6, 6.07) is 14.4. The van der Waals surface area contributed by atoms with E-state index >= 15 is 0 Å². The molecule has 29 heavy (non-hydrogen) atoms. The fourth-order valence-electron chi connectivity index (χ4n) is 4.00. The number of ether oxygens (including phenoxy) is 1. The number of aryl methyl sites for hydroxylation is 1. The standard InChI is InChI=1S/C23H28N4O2/c1-15-4-9-21-20(10-15)22(26-25-21)23(28)24-11-18-5-7-19(8-6-18)14-27-12-16(2)29-17(3)13-27/h4-10,16-17H,11-14H2,1-3H3,(H,24,28)(H,25,26). The molecule has 1 fully saturated rings. The minimum absolute atomic E-state index is 0.165. The van der Waals surface area contributed by atoms with Gasteiger partial charge in [-0.15, -0.1) is 0 Å². The van der Waals surface area contributed by atoms with E-state index in [0.717, 1.165) is 41.7 Å². The molecule has 3 aromatic rings. The number of H-pyrrole nitrogens is 1. The Morgan fingerprint density at radius 2 is 1.83 bits per heavy atom. The number of carbonyl (C=O) groups excluding carboxylic acids is 1. The van der Waals surface area contributed by atoms with E-state index in [1.54, 1.807) is 0 Å². The maximum atomic E-state index is 12.6. The van der Waals surface area contributed by atoms with Crippen LogP contribution in [0.2, 0.25) is 0 Å². The van der Waals surface area contributed by atoms with Crippen molar-refractivity contribution in [1.29, 1.82) is 0 Å². The van der Waals surface area contributed by atoms with Crippen LogP contribution in [-0.4, -0.2) is 46.3 Å². The third-order valence-electron chi connectivity index (χ3n) is 5.31. The molecule has 0 radical (unpaired) electrons. The van der Waals surface area contributed by atoms with Crippen molar-refractivity contribution in [3.8, 4) is 0 Å². The Kier molecular flexibility index (Phi) is 5.65. The lowest BCUT2D eigenvalue weighted by molar-refractivity contribution is -0.0704. The second-order valence-corrected chi connectivity index (χ2v) is 8.07. The number of amides is 1. The molecule has 4 rings (SSSR count). The van der Waals surface area contributed by atoms with Gasteiger partial charge in [0.15, 0.2) is 5.69 Å².